The van der Waals surface area contributed by atoms with E-state index >= 15 is 0 Å². The summed E-state index contributed by atoms with van der Waals surface area (Å²) < 4.78 is 0. The number of anilines is 2. The highest BCUT2D eigenvalue weighted by molar-refractivity contribution is 6.02. The number of aromatic amines is 2. The van der Waals surface area contributed by atoms with Crippen molar-refractivity contribution in [2.24, 2.45) is 0 Å². The van der Waals surface area contributed by atoms with Crippen molar-refractivity contribution in [1.82, 2.24) is 30.6 Å². The number of imidazole rings is 1. The Kier molecular flexibility index (Phi) is 6.69. The summed E-state index contributed by atoms with van der Waals surface area (Å²) >= 11 is 0. The Hall–Kier alpha value is -4.86. The molecule has 0 saturated heterocycles. The number of benzene rings is 2. The highest BCUT2D eigenvalue weighted by atomic mass is 16.2. The van der Waals surface area contributed by atoms with Crippen LogP contribution in [0, 0.1) is 6.92 Å². The van der Waals surface area contributed by atoms with Gasteiger partial charge in [0.05, 0.1) is 0 Å². The van der Waals surface area contributed by atoms with Crippen LogP contribution in [-0.4, -0.2) is 57.9 Å². The SMILES string of the molecule is CCN(CC(NC(=O)c1ccc2cc(-c3cc(N)nc4[nH]c(C)nc34)[nH]c2c1)C(=O)NC)c1ccccc1. The van der Waals surface area contributed by atoms with Crippen molar-refractivity contribution in [2.45, 2.75) is 19.9 Å². The fraction of sp³-hybridized carbons (Fsp3) is 0.214. The minimum atomic E-state index is -0.737. The molecule has 10 nitrogen and oxygen atoms in total. The van der Waals surface area contributed by atoms with Crippen molar-refractivity contribution in [2.75, 3.05) is 30.8 Å². The van der Waals surface area contributed by atoms with Crippen molar-refractivity contribution in [3.05, 3.63) is 72.1 Å². The van der Waals surface area contributed by atoms with Crippen LogP contribution < -0.4 is 21.3 Å². The van der Waals surface area contributed by atoms with Crippen LogP contribution in [-0.2, 0) is 4.79 Å². The number of likely N-dealkylation sites (N-methyl/N-ethyl adjacent to an activating group) is 2. The van der Waals surface area contributed by atoms with Crippen LogP contribution >= 0.6 is 0 Å². The first-order valence-corrected chi connectivity index (χ1v) is 12.4. The van der Waals surface area contributed by atoms with Gasteiger partial charge in [0.2, 0.25) is 5.91 Å². The summed E-state index contributed by atoms with van der Waals surface area (Å²) in [6.45, 7) is 4.90. The van der Waals surface area contributed by atoms with Gasteiger partial charge in [0.25, 0.3) is 5.91 Å². The van der Waals surface area contributed by atoms with Gasteiger partial charge in [-0.1, -0.05) is 24.3 Å². The Bertz CT molecular complexity index is 1620. The second-order valence-electron chi connectivity index (χ2n) is 9.11. The zero-order chi connectivity index (χ0) is 26.8. The van der Waals surface area contributed by atoms with Crippen molar-refractivity contribution < 1.29 is 9.59 Å². The molecule has 10 heteroatoms. The van der Waals surface area contributed by atoms with Crippen LogP contribution in [0.3, 0.4) is 0 Å². The zero-order valence-corrected chi connectivity index (χ0v) is 21.5. The Morgan fingerprint density at radius 3 is 2.58 bits per heavy atom. The van der Waals surface area contributed by atoms with Crippen molar-refractivity contribution in [3.63, 3.8) is 0 Å². The minimum Gasteiger partial charge on any atom is -0.384 e. The van der Waals surface area contributed by atoms with Gasteiger partial charge in [0, 0.05) is 53.5 Å². The van der Waals surface area contributed by atoms with E-state index in [1.165, 1.54) is 0 Å². The van der Waals surface area contributed by atoms with E-state index in [4.69, 9.17) is 5.73 Å². The average molecular weight is 511 g/mol. The molecule has 194 valence electrons. The maximum absolute atomic E-state index is 13.3. The molecular formula is C28H30N8O2. The van der Waals surface area contributed by atoms with Gasteiger partial charge in [-0.3, -0.25) is 9.59 Å². The molecule has 1 atom stereocenters. The quantitative estimate of drug-likeness (QED) is 0.216. The molecule has 0 aliphatic carbocycles. The molecule has 0 bridgehead atoms. The van der Waals surface area contributed by atoms with E-state index in [1.54, 1.807) is 25.2 Å². The second-order valence-corrected chi connectivity index (χ2v) is 9.11. The summed E-state index contributed by atoms with van der Waals surface area (Å²) in [5.41, 5.74) is 11.2. The standard InChI is InChI=1S/C28H30N8O2/c1-4-36(19-8-6-5-7-9-19)15-23(28(38)30-3)34-27(37)18-11-10-17-12-22(33-21(17)13-18)20-14-24(29)35-26-25(20)31-16(2)32-26/h5-14,23,33H,4,15H2,1-3H3,(H,30,38)(H,34,37)(H3,29,31,32,35). The number of rotatable bonds is 8. The molecule has 6 N–H and O–H groups in total. The molecule has 2 amide bonds. The number of carbonyl (C=O) groups excluding carboxylic acids is 2. The number of H-pyrrole nitrogens is 2. The van der Waals surface area contributed by atoms with Gasteiger partial charge in [-0.2, -0.15) is 0 Å². The lowest BCUT2D eigenvalue weighted by atomic mass is 10.1. The third-order valence-corrected chi connectivity index (χ3v) is 6.54. The number of pyridine rings is 1. The molecule has 0 radical (unpaired) electrons. The van der Waals surface area contributed by atoms with E-state index in [-0.39, 0.29) is 11.8 Å². The molecule has 0 fully saturated rings. The lowest BCUT2D eigenvalue weighted by Gasteiger charge is -2.28. The van der Waals surface area contributed by atoms with Crippen molar-refractivity contribution >= 4 is 45.4 Å². The molecule has 1 unspecified atom stereocenters. The summed E-state index contributed by atoms with van der Waals surface area (Å²) in [6, 6.07) is 18.2. The number of aryl methyl sites for hydroxylation is 1. The summed E-state index contributed by atoms with van der Waals surface area (Å²) in [5, 5.41) is 6.50. The maximum atomic E-state index is 13.3. The molecular weight excluding hydrogens is 480 g/mol. The molecule has 5 aromatic rings. The van der Waals surface area contributed by atoms with Gasteiger partial charge in [-0.15, -0.1) is 0 Å². The highest BCUT2D eigenvalue weighted by Gasteiger charge is 2.24. The van der Waals surface area contributed by atoms with E-state index in [2.05, 4.69) is 35.5 Å². The van der Waals surface area contributed by atoms with E-state index in [0.29, 0.717) is 35.6 Å². The average Bonchev–Trinajstić information content (AvgIpc) is 3.52. The number of nitrogens with two attached hydrogens (primary N) is 1. The van der Waals surface area contributed by atoms with Gasteiger partial charge in [-0.25, -0.2) is 9.97 Å². The largest absolute Gasteiger partial charge is 0.384 e. The van der Waals surface area contributed by atoms with Crippen LogP contribution in [0.25, 0.3) is 33.3 Å². The third kappa shape index (κ3) is 4.88. The zero-order valence-electron chi connectivity index (χ0n) is 21.5. The number of amides is 2. The number of hydrogen-bond acceptors (Lipinski definition) is 6. The molecule has 3 aromatic heterocycles. The Morgan fingerprint density at radius 2 is 1.84 bits per heavy atom. The predicted molar refractivity (Wildman–Crippen MR) is 150 cm³/mol. The lowest BCUT2D eigenvalue weighted by molar-refractivity contribution is -0.122. The highest BCUT2D eigenvalue weighted by Crippen LogP contribution is 2.30. The monoisotopic (exact) mass is 510 g/mol. The molecule has 0 aliphatic heterocycles. The van der Waals surface area contributed by atoms with E-state index < -0.39 is 6.04 Å². The molecule has 3 heterocycles. The fourth-order valence-corrected chi connectivity index (χ4v) is 4.63. The van der Waals surface area contributed by atoms with Crippen LogP contribution in [0.1, 0.15) is 23.1 Å². The van der Waals surface area contributed by atoms with Crippen LogP contribution in [0.15, 0.2) is 60.7 Å². The number of hydrogen-bond donors (Lipinski definition) is 5. The topological polar surface area (TPSA) is 145 Å². The lowest BCUT2D eigenvalue weighted by Crippen LogP contribution is -2.52. The smallest absolute Gasteiger partial charge is 0.252 e. The molecule has 38 heavy (non-hydrogen) atoms. The molecule has 0 spiro atoms. The van der Waals surface area contributed by atoms with Gasteiger partial charge >= 0.3 is 0 Å². The van der Waals surface area contributed by atoms with Crippen molar-refractivity contribution in [3.8, 4) is 11.3 Å². The number of carbonyl (C=O) groups is 2. The van der Waals surface area contributed by atoms with E-state index in [0.717, 1.165) is 33.7 Å². The fourth-order valence-electron chi connectivity index (χ4n) is 4.63. The first-order valence-electron chi connectivity index (χ1n) is 12.4. The summed E-state index contributed by atoms with van der Waals surface area (Å²) in [6.07, 6.45) is 0. The Labute approximate surface area is 219 Å². The number of nitrogen functional groups attached to an aromatic ring is 1. The summed E-state index contributed by atoms with van der Waals surface area (Å²) in [5.74, 6) is 0.532. The summed E-state index contributed by atoms with van der Waals surface area (Å²) in [4.78, 5) is 43.4. The van der Waals surface area contributed by atoms with Crippen LogP contribution in [0.4, 0.5) is 11.5 Å². The van der Waals surface area contributed by atoms with Crippen LogP contribution in [0.5, 0.6) is 0 Å². The number of nitrogens with zero attached hydrogens (tertiary/aromatic N) is 3. The number of para-hydroxylation sites is 1. The second kappa shape index (κ2) is 10.3. The molecule has 5 rings (SSSR count). The van der Waals surface area contributed by atoms with E-state index in [9.17, 15) is 9.59 Å². The minimum absolute atomic E-state index is 0.260. The first kappa shape index (κ1) is 24.8. The Balaban J connectivity index is 1.41. The van der Waals surface area contributed by atoms with Crippen molar-refractivity contribution in [1.29, 1.82) is 0 Å². The predicted octanol–water partition coefficient (Wildman–Crippen LogP) is 3.37. The van der Waals surface area contributed by atoms with Crippen LogP contribution in [0.2, 0.25) is 0 Å². The number of fused-ring (bicyclic) bond motifs is 2. The number of nitrogens with one attached hydrogen (secondary N) is 4. The molecule has 2 aromatic carbocycles. The summed E-state index contributed by atoms with van der Waals surface area (Å²) in [7, 11) is 1.57. The molecule has 0 saturated carbocycles. The Morgan fingerprint density at radius 1 is 1.05 bits per heavy atom. The van der Waals surface area contributed by atoms with E-state index in [1.807, 2.05) is 56.3 Å². The van der Waals surface area contributed by atoms with Gasteiger partial charge in [-0.05, 0) is 50.2 Å². The first-order chi connectivity index (χ1) is 18.4. The normalized spacial score (nSPS) is 12.0. The number of aromatic nitrogens is 4. The third-order valence-electron chi connectivity index (χ3n) is 6.54. The van der Waals surface area contributed by atoms with Gasteiger partial charge in [0.15, 0.2) is 5.65 Å². The molecule has 0 aliphatic rings. The van der Waals surface area contributed by atoms with Gasteiger partial charge in [0.1, 0.15) is 23.2 Å². The maximum Gasteiger partial charge on any atom is 0.252 e. The van der Waals surface area contributed by atoms with Gasteiger partial charge < -0.3 is 31.2 Å².